The summed E-state index contributed by atoms with van der Waals surface area (Å²) in [5.41, 5.74) is 7.44. The minimum atomic E-state index is -0.747. The molecular weight excluding hydrogens is 438 g/mol. The number of carbonyl (C=O) groups excluding carboxylic acids is 2. The van der Waals surface area contributed by atoms with E-state index in [4.69, 9.17) is 24.7 Å². The van der Waals surface area contributed by atoms with Crippen molar-refractivity contribution in [2.24, 2.45) is 5.73 Å². The van der Waals surface area contributed by atoms with Crippen LogP contribution in [0.4, 0.5) is 5.69 Å². The number of allylic oxidation sites excluding steroid dienone is 2. The minimum absolute atomic E-state index is 0.0624. The highest BCUT2D eigenvalue weighted by molar-refractivity contribution is 5.93. The number of anilines is 1. The van der Waals surface area contributed by atoms with Gasteiger partial charge in [-0.2, -0.15) is 5.26 Å². The summed E-state index contributed by atoms with van der Waals surface area (Å²) in [6, 6.07) is 15.7. The monoisotopic (exact) mass is 463 g/mol. The van der Waals surface area contributed by atoms with E-state index in [0.29, 0.717) is 22.7 Å². The minimum Gasteiger partial charge on any atom is -0.497 e. The van der Waals surface area contributed by atoms with Crippen molar-refractivity contribution in [1.82, 2.24) is 0 Å². The van der Waals surface area contributed by atoms with Gasteiger partial charge >= 0.3 is 5.97 Å². The SMILES string of the molecule is CCOC(=O)C1=C(C)OC(N)=C(C#N)C1c1ccc(OCC(=O)Nc2cccc(OC)c2)cc1. The van der Waals surface area contributed by atoms with Crippen molar-refractivity contribution in [1.29, 1.82) is 5.26 Å². The standard InChI is InChI=1S/C25H25N3O6/c1-4-32-25(30)22-15(2)34-24(27)20(13-26)23(22)16-8-10-18(11-9-16)33-14-21(29)28-17-6-5-7-19(12-17)31-3/h5-12,23H,4,14,27H2,1-3H3,(H,28,29). The van der Waals surface area contributed by atoms with Crippen LogP contribution in [0.2, 0.25) is 0 Å². The number of nitrogens with two attached hydrogens (primary N) is 1. The maximum atomic E-state index is 12.6. The molecule has 0 saturated heterocycles. The highest BCUT2D eigenvalue weighted by Gasteiger charge is 2.36. The van der Waals surface area contributed by atoms with Crippen LogP contribution >= 0.6 is 0 Å². The zero-order valence-electron chi connectivity index (χ0n) is 19.1. The highest BCUT2D eigenvalue weighted by atomic mass is 16.5. The fourth-order valence-corrected chi connectivity index (χ4v) is 3.49. The van der Waals surface area contributed by atoms with Gasteiger partial charge in [-0.25, -0.2) is 4.79 Å². The van der Waals surface area contributed by atoms with Crippen LogP contribution in [0.1, 0.15) is 25.3 Å². The summed E-state index contributed by atoms with van der Waals surface area (Å²) in [4.78, 5) is 24.8. The van der Waals surface area contributed by atoms with Gasteiger partial charge in [0.2, 0.25) is 5.88 Å². The van der Waals surface area contributed by atoms with Crippen molar-refractivity contribution < 1.29 is 28.5 Å². The zero-order valence-corrected chi connectivity index (χ0v) is 19.1. The number of carbonyl (C=O) groups is 2. The second-order valence-corrected chi connectivity index (χ2v) is 7.25. The molecule has 1 amide bonds. The fourth-order valence-electron chi connectivity index (χ4n) is 3.49. The summed E-state index contributed by atoms with van der Waals surface area (Å²) in [6.07, 6.45) is 0. The van der Waals surface area contributed by atoms with Crippen molar-refractivity contribution in [3.05, 3.63) is 76.9 Å². The number of nitrogens with one attached hydrogen (secondary N) is 1. The lowest BCUT2D eigenvalue weighted by Crippen LogP contribution is -2.25. The second kappa shape index (κ2) is 10.9. The lowest BCUT2D eigenvalue weighted by molar-refractivity contribution is -0.139. The second-order valence-electron chi connectivity index (χ2n) is 7.25. The molecule has 1 unspecified atom stereocenters. The summed E-state index contributed by atoms with van der Waals surface area (Å²) in [5.74, 6) is -0.400. The van der Waals surface area contributed by atoms with Gasteiger partial charge in [0, 0.05) is 11.8 Å². The molecule has 0 radical (unpaired) electrons. The first kappa shape index (κ1) is 24.2. The van der Waals surface area contributed by atoms with E-state index in [1.165, 1.54) is 0 Å². The van der Waals surface area contributed by atoms with Crippen molar-refractivity contribution in [2.75, 3.05) is 25.6 Å². The summed E-state index contributed by atoms with van der Waals surface area (Å²) >= 11 is 0. The summed E-state index contributed by atoms with van der Waals surface area (Å²) < 4.78 is 21.3. The number of methoxy groups -OCH3 is 1. The third-order valence-corrected chi connectivity index (χ3v) is 5.04. The molecule has 0 aliphatic carbocycles. The Morgan fingerprint density at radius 1 is 1.18 bits per heavy atom. The van der Waals surface area contributed by atoms with Gasteiger partial charge in [-0.05, 0) is 43.7 Å². The van der Waals surface area contributed by atoms with Gasteiger partial charge in [0.15, 0.2) is 6.61 Å². The van der Waals surface area contributed by atoms with Gasteiger partial charge in [-0.15, -0.1) is 0 Å². The van der Waals surface area contributed by atoms with Crippen molar-refractivity contribution in [3.63, 3.8) is 0 Å². The molecule has 2 aromatic carbocycles. The first-order valence-electron chi connectivity index (χ1n) is 10.5. The molecule has 9 heteroatoms. The lowest BCUT2D eigenvalue weighted by atomic mass is 9.83. The van der Waals surface area contributed by atoms with E-state index in [9.17, 15) is 14.9 Å². The number of benzene rings is 2. The van der Waals surface area contributed by atoms with E-state index in [-0.39, 0.29) is 41.9 Å². The molecule has 34 heavy (non-hydrogen) atoms. The first-order chi connectivity index (χ1) is 16.4. The molecule has 0 saturated carbocycles. The number of amides is 1. The molecule has 1 aliphatic rings. The Kier molecular flexibility index (Phi) is 7.77. The smallest absolute Gasteiger partial charge is 0.338 e. The van der Waals surface area contributed by atoms with Gasteiger partial charge in [0.25, 0.3) is 5.91 Å². The van der Waals surface area contributed by atoms with E-state index in [2.05, 4.69) is 5.32 Å². The Morgan fingerprint density at radius 3 is 2.56 bits per heavy atom. The molecule has 176 valence electrons. The first-order valence-corrected chi connectivity index (χ1v) is 10.5. The quantitative estimate of drug-likeness (QED) is 0.570. The summed E-state index contributed by atoms with van der Waals surface area (Å²) in [7, 11) is 1.55. The van der Waals surface area contributed by atoms with Crippen LogP contribution < -0.4 is 20.5 Å². The number of hydrogen-bond donors (Lipinski definition) is 2. The van der Waals surface area contributed by atoms with E-state index in [0.717, 1.165) is 0 Å². The van der Waals surface area contributed by atoms with Crippen LogP contribution in [0, 0.1) is 11.3 Å². The molecule has 3 N–H and O–H groups in total. The Morgan fingerprint density at radius 2 is 1.91 bits per heavy atom. The van der Waals surface area contributed by atoms with Gasteiger partial charge in [0.1, 0.15) is 28.9 Å². The van der Waals surface area contributed by atoms with E-state index < -0.39 is 11.9 Å². The maximum absolute atomic E-state index is 12.6. The van der Waals surface area contributed by atoms with Gasteiger partial charge < -0.3 is 30.0 Å². The molecule has 0 aromatic heterocycles. The molecule has 0 fully saturated rings. The fraction of sp³-hybridized carbons (Fsp3) is 0.240. The predicted molar refractivity (Wildman–Crippen MR) is 124 cm³/mol. The number of rotatable bonds is 8. The molecule has 2 aromatic rings. The third kappa shape index (κ3) is 5.48. The number of esters is 1. The molecule has 0 spiro atoms. The summed E-state index contributed by atoms with van der Waals surface area (Å²) in [5, 5.41) is 12.4. The number of nitriles is 1. The normalized spacial score (nSPS) is 15.2. The highest BCUT2D eigenvalue weighted by Crippen LogP contribution is 2.39. The van der Waals surface area contributed by atoms with Crippen LogP contribution in [0.25, 0.3) is 0 Å². The molecular formula is C25H25N3O6. The average Bonchev–Trinajstić information content (AvgIpc) is 2.83. The maximum Gasteiger partial charge on any atom is 0.338 e. The van der Waals surface area contributed by atoms with Gasteiger partial charge in [-0.3, -0.25) is 4.79 Å². The average molecular weight is 463 g/mol. The number of nitrogens with zero attached hydrogens (tertiary/aromatic N) is 1. The molecule has 1 heterocycles. The van der Waals surface area contributed by atoms with Crippen molar-refractivity contribution >= 4 is 17.6 Å². The third-order valence-electron chi connectivity index (χ3n) is 5.04. The molecule has 1 atom stereocenters. The van der Waals surface area contributed by atoms with Gasteiger partial charge in [-0.1, -0.05) is 18.2 Å². The molecule has 9 nitrogen and oxygen atoms in total. The Hall–Kier alpha value is -4.45. The predicted octanol–water partition coefficient (Wildman–Crippen LogP) is 3.36. The molecule has 1 aliphatic heterocycles. The topological polar surface area (TPSA) is 133 Å². The van der Waals surface area contributed by atoms with Crippen LogP contribution in [-0.4, -0.2) is 32.2 Å². The van der Waals surface area contributed by atoms with Crippen LogP contribution in [0.15, 0.2) is 71.3 Å². The van der Waals surface area contributed by atoms with Crippen LogP contribution in [0.5, 0.6) is 11.5 Å². The molecule has 0 bridgehead atoms. The Labute approximate surface area is 197 Å². The van der Waals surface area contributed by atoms with Crippen molar-refractivity contribution in [2.45, 2.75) is 19.8 Å². The van der Waals surface area contributed by atoms with Gasteiger partial charge in [0.05, 0.1) is 25.2 Å². The molecule has 3 rings (SSSR count). The zero-order chi connectivity index (χ0) is 24.7. The lowest BCUT2D eigenvalue weighted by Gasteiger charge is -2.26. The van der Waals surface area contributed by atoms with Crippen LogP contribution in [0.3, 0.4) is 0 Å². The van der Waals surface area contributed by atoms with Crippen molar-refractivity contribution in [3.8, 4) is 17.6 Å². The van der Waals surface area contributed by atoms with Crippen LogP contribution in [-0.2, 0) is 19.1 Å². The number of ether oxygens (including phenoxy) is 4. The van der Waals surface area contributed by atoms with E-state index >= 15 is 0 Å². The van der Waals surface area contributed by atoms with E-state index in [1.54, 1.807) is 69.5 Å². The van der Waals surface area contributed by atoms with E-state index in [1.807, 2.05) is 6.07 Å². The Balaban J connectivity index is 1.73. The number of hydrogen-bond acceptors (Lipinski definition) is 8. The Bertz CT molecular complexity index is 1180. The summed E-state index contributed by atoms with van der Waals surface area (Å²) in [6.45, 7) is 3.25. The largest absolute Gasteiger partial charge is 0.497 e.